The lowest BCUT2D eigenvalue weighted by Crippen LogP contribution is -2.24. The molecule has 1 aliphatic carbocycles. The van der Waals surface area contributed by atoms with Crippen molar-refractivity contribution in [2.75, 3.05) is 11.9 Å². The minimum absolute atomic E-state index is 0.354. The number of aryl methyl sites for hydroxylation is 3. The van der Waals surface area contributed by atoms with E-state index >= 15 is 0 Å². The SMILES string of the molecule is Cc1nn(C)c(C)c1NC(=O)COC(=O)c1c2c(nc3ccccc13)CC[C@@H](C)C2. The summed E-state index contributed by atoms with van der Waals surface area (Å²) in [5.74, 6) is -0.385. The maximum absolute atomic E-state index is 13.1. The summed E-state index contributed by atoms with van der Waals surface area (Å²) < 4.78 is 7.15. The molecule has 156 valence electrons. The normalized spacial score (nSPS) is 15.7. The predicted octanol–water partition coefficient (Wildman–Crippen LogP) is 3.51. The van der Waals surface area contributed by atoms with Crippen LogP contribution < -0.4 is 5.32 Å². The van der Waals surface area contributed by atoms with Crippen LogP contribution >= 0.6 is 0 Å². The van der Waals surface area contributed by atoms with Gasteiger partial charge in [-0.05, 0) is 50.7 Å². The van der Waals surface area contributed by atoms with Gasteiger partial charge in [0, 0.05) is 18.1 Å². The number of esters is 1. The summed E-state index contributed by atoms with van der Waals surface area (Å²) >= 11 is 0. The van der Waals surface area contributed by atoms with E-state index in [2.05, 4.69) is 17.3 Å². The molecule has 4 rings (SSSR count). The van der Waals surface area contributed by atoms with Gasteiger partial charge >= 0.3 is 5.97 Å². The second-order valence-electron chi connectivity index (χ2n) is 8.07. The number of rotatable bonds is 4. The molecule has 3 aromatic rings. The Hall–Kier alpha value is -3.22. The second kappa shape index (κ2) is 7.89. The molecule has 7 heteroatoms. The van der Waals surface area contributed by atoms with Crippen molar-refractivity contribution < 1.29 is 14.3 Å². The zero-order valence-corrected chi connectivity index (χ0v) is 17.8. The number of para-hydroxylation sites is 1. The number of hydrogen-bond acceptors (Lipinski definition) is 5. The van der Waals surface area contributed by atoms with Crippen molar-refractivity contribution in [3.63, 3.8) is 0 Å². The van der Waals surface area contributed by atoms with E-state index in [1.807, 2.05) is 45.2 Å². The molecule has 0 spiro atoms. The summed E-state index contributed by atoms with van der Waals surface area (Å²) in [5, 5.41) is 7.86. The standard InChI is InChI=1S/C23H26N4O3/c1-13-9-10-19-17(11-13)21(16-7-5-6-8-18(16)24-19)23(29)30-12-20(28)25-22-14(2)26-27(4)15(22)3/h5-8,13H,9-12H2,1-4H3,(H,25,28)/t13-/m1/s1. The van der Waals surface area contributed by atoms with Crippen LogP contribution in [0.15, 0.2) is 24.3 Å². The lowest BCUT2D eigenvalue weighted by atomic mass is 9.84. The second-order valence-corrected chi connectivity index (χ2v) is 8.07. The smallest absolute Gasteiger partial charge is 0.339 e. The van der Waals surface area contributed by atoms with Crippen molar-refractivity contribution in [1.29, 1.82) is 0 Å². The van der Waals surface area contributed by atoms with Gasteiger partial charge in [-0.25, -0.2) is 4.79 Å². The molecule has 0 fully saturated rings. The minimum atomic E-state index is -0.478. The van der Waals surface area contributed by atoms with Gasteiger partial charge in [0.25, 0.3) is 5.91 Å². The van der Waals surface area contributed by atoms with Crippen LogP contribution in [0.3, 0.4) is 0 Å². The molecule has 1 N–H and O–H groups in total. The third-order valence-corrected chi connectivity index (χ3v) is 5.82. The number of carbonyl (C=O) groups is 2. The average Bonchev–Trinajstić information content (AvgIpc) is 2.96. The molecule has 0 bridgehead atoms. The van der Waals surface area contributed by atoms with Gasteiger partial charge in [-0.2, -0.15) is 5.10 Å². The first-order valence-electron chi connectivity index (χ1n) is 10.2. The van der Waals surface area contributed by atoms with Gasteiger partial charge in [-0.3, -0.25) is 14.5 Å². The fourth-order valence-corrected chi connectivity index (χ4v) is 4.13. The molecule has 0 saturated heterocycles. The first kappa shape index (κ1) is 20.1. The summed E-state index contributed by atoms with van der Waals surface area (Å²) in [6.45, 7) is 5.52. The lowest BCUT2D eigenvalue weighted by molar-refractivity contribution is -0.119. The highest BCUT2D eigenvalue weighted by Crippen LogP contribution is 2.32. The summed E-state index contributed by atoms with van der Waals surface area (Å²) in [5.41, 5.74) is 5.46. The first-order valence-corrected chi connectivity index (χ1v) is 10.2. The maximum Gasteiger partial charge on any atom is 0.339 e. The van der Waals surface area contributed by atoms with Crippen molar-refractivity contribution >= 4 is 28.5 Å². The van der Waals surface area contributed by atoms with Gasteiger partial charge in [-0.15, -0.1) is 0 Å². The van der Waals surface area contributed by atoms with Crippen LogP contribution in [-0.2, 0) is 29.4 Å². The van der Waals surface area contributed by atoms with E-state index in [4.69, 9.17) is 9.72 Å². The Bertz CT molecular complexity index is 1150. The number of anilines is 1. The zero-order chi connectivity index (χ0) is 21.4. The predicted molar refractivity (Wildman–Crippen MR) is 115 cm³/mol. The summed E-state index contributed by atoms with van der Waals surface area (Å²) in [6.07, 6.45) is 2.69. The number of amides is 1. The fraction of sp³-hybridized carbons (Fsp3) is 0.391. The topological polar surface area (TPSA) is 86.1 Å². The van der Waals surface area contributed by atoms with E-state index < -0.39 is 5.97 Å². The molecule has 0 aliphatic heterocycles. The maximum atomic E-state index is 13.1. The molecule has 1 atom stereocenters. The number of aromatic nitrogens is 3. The van der Waals surface area contributed by atoms with Crippen molar-refractivity contribution in [2.24, 2.45) is 13.0 Å². The molecule has 1 aromatic carbocycles. The highest BCUT2D eigenvalue weighted by atomic mass is 16.5. The number of ether oxygens (including phenoxy) is 1. The van der Waals surface area contributed by atoms with Gasteiger partial charge in [0.2, 0.25) is 0 Å². The Labute approximate surface area is 175 Å². The van der Waals surface area contributed by atoms with Crippen LogP contribution in [0.1, 0.15) is 46.3 Å². The molecule has 0 radical (unpaired) electrons. The van der Waals surface area contributed by atoms with Crippen LogP contribution in [0.5, 0.6) is 0 Å². The van der Waals surface area contributed by atoms with Gasteiger partial charge in [0.05, 0.1) is 28.2 Å². The minimum Gasteiger partial charge on any atom is -0.452 e. The Morgan fingerprint density at radius 3 is 2.77 bits per heavy atom. The summed E-state index contributed by atoms with van der Waals surface area (Å²) in [4.78, 5) is 30.3. The van der Waals surface area contributed by atoms with E-state index in [-0.39, 0.29) is 12.5 Å². The van der Waals surface area contributed by atoms with Crippen molar-refractivity contribution in [3.8, 4) is 0 Å². The largest absolute Gasteiger partial charge is 0.452 e. The van der Waals surface area contributed by atoms with Gasteiger partial charge in [0.1, 0.15) is 0 Å². The third kappa shape index (κ3) is 3.67. The van der Waals surface area contributed by atoms with Gasteiger partial charge in [0.15, 0.2) is 6.61 Å². The van der Waals surface area contributed by atoms with Crippen LogP contribution in [0, 0.1) is 19.8 Å². The molecule has 0 unspecified atom stereocenters. The molecule has 1 amide bonds. The fourth-order valence-electron chi connectivity index (χ4n) is 4.13. The third-order valence-electron chi connectivity index (χ3n) is 5.82. The van der Waals surface area contributed by atoms with Crippen molar-refractivity contribution in [3.05, 3.63) is 52.5 Å². The molecule has 7 nitrogen and oxygen atoms in total. The number of carbonyl (C=O) groups excluding carboxylic acids is 2. The number of benzene rings is 1. The van der Waals surface area contributed by atoms with E-state index in [0.29, 0.717) is 17.2 Å². The average molecular weight is 406 g/mol. The number of hydrogen-bond donors (Lipinski definition) is 1. The molecule has 0 saturated carbocycles. The highest BCUT2D eigenvalue weighted by molar-refractivity contribution is 6.06. The van der Waals surface area contributed by atoms with E-state index in [1.54, 1.807) is 4.68 Å². The van der Waals surface area contributed by atoms with Crippen LogP contribution in [-0.4, -0.2) is 33.2 Å². The first-order chi connectivity index (χ1) is 14.3. The molecular formula is C23H26N4O3. The van der Waals surface area contributed by atoms with Gasteiger partial charge < -0.3 is 10.1 Å². The zero-order valence-electron chi connectivity index (χ0n) is 17.8. The summed E-state index contributed by atoms with van der Waals surface area (Å²) in [6, 6.07) is 7.60. The van der Waals surface area contributed by atoms with Crippen molar-refractivity contribution in [2.45, 2.75) is 40.0 Å². The van der Waals surface area contributed by atoms with Crippen LogP contribution in [0.25, 0.3) is 10.9 Å². The van der Waals surface area contributed by atoms with Crippen LogP contribution in [0.4, 0.5) is 5.69 Å². The molecule has 30 heavy (non-hydrogen) atoms. The monoisotopic (exact) mass is 406 g/mol. The highest BCUT2D eigenvalue weighted by Gasteiger charge is 2.26. The molecule has 2 heterocycles. The van der Waals surface area contributed by atoms with E-state index in [9.17, 15) is 9.59 Å². The Kier molecular flexibility index (Phi) is 5.28. The summed E-state index contributed by atoms with van der Waals surface area (Å²) in [7, 11) is 1.82. The van der Waals surface area contributed by atoms with Crippen molar-refractivity contribution in [1.82, 2.24) is 14.8 Å². The number of nitrogens with zero attached hydrogens (tertiary/aromatic N) is 3. The Morgan fingerprint density at radius 1 is 1.27 bits per heavy atom. The van der Waals surface area contributed by atoms with E-state index in [0.717, 1.165) is 52.8 Å². The van der Waals surface area contributed by atoms with Gasteiger partial charge in [-0.1, -0.05) is 25.1 Å². The molecular weight excluding hydrogens is 380 g/mol. The van der Waals surface area contributed by atoms with Crippen LogP contribution in [0.2, 0.25) is 0 Å². The number of fused-ring (bicyclic) bond motifs is 2. The molecule has 2 aromatic heterocycles. The number of nitrogens with one attached hydrogen (secondary N) is 1. The number of pyridine rings is 1. The Morgan fingerprint density at radius 2 is 2.03 bits per heavy atom. The molecule has 1 aliphatic rings. The lowest BCUT2D eigenvalue weighted by Gasteiger charge is -2.24. The Balaban J connectivity index is 1.57. The quantitative estimate of drug-likeness (QED) is 0.670. The van der Waals surface area contributed by atoms with E-state index in [1.165, 1.54) is 0 Å².